The molecule has 2 aromatic rings. The van der Waals surface area contributed by atoms with Crippen molar-refractivity contribution in [2.75, 3.05) is 12.3 Å². The highest BCUT2D eigenvalue weighted by Gasteiger charge is 2.15. The predicted molar refractivity (Wildman–Crippen MR) is 69.4 cm³/mol. The first-order chi connectivity index (χ1) is 9.13. The molecule has 102 valence electrons. The Bertz CT molecular complexity index is 571. The largest absolute Gasteiger partial charge is 0.395 e. The maximum Gasteiger partial charge on any atom is 0.273 e. The molecule has 4 N–H and O–H groups in total. The van der Waals surface area contributed by atoms with Crippen molar-refractivity contribution in [2.45, 2.75) is 19.8 Å². The lowest BCUT2D eigenvalue weighted by atomic mass is 10.2. The van der Waals surface area contributed by atoms with Gasteiger partial charge in [-0.1, -0.05) is 6.92 Å². The van der Waals surface area contributed by atoms with Gasteiger partial charge in [-0.05, 0) is 6.42 Å². The van der Waals surface area contributed by atoms with Gasteiger partial charge in [-0.25, -0.2) is 0 Å². The number of carbonyl (C=O) groups is 1. The summed E-state index contributed by atoms with van der Waals surface area (Å²) in [4.78, 5) is 11.9. The van der Waals surface area contributed by atoms with Gasteiger partial charge in [0.05, 0.1) is 11.4 Å². The summed E-state index contributed by atoms with van der Waals surface area (Å²) in [6, 6.07) is 0. The number of H-pyrrole nitrogens is 1. The molecule has 8 nitrogen and oxygen atoms in total. The van der Waals surface area contributed by atoms with Crippen molar-refractivity contribution < 1.29 is 4.79 Å². The third-order valence-electron chi connectivity index (χ3n) is 2.89. The second-order valence-corrected chi connectivity index (χ2v) is 4.18. The van der Waals surface area contributed by atoms with Crippen molar-refractivity contribution in [1.82, 2.24) is 30.3 Å². The summed E-state index contributed by atoms with van der Waals surface area (Å²) < 4.78 is 1.81. The molecule has 0 unspecified atom stereocenters. The fourth-order valence-electron chi connectivity index (χ4n) is 1.73. The summed E-state index contributed by atoms with van der Waals surface area (Å²) in [5, 5.41) is 17.1. The number of carbonyl (C=O) groups excluding carboxylic acids is 1. The van der Waals surface area contributed by atoms with E-state index in [4.69, 9.17) is 5.73 Å². The highest BCUT2D eigenvalue weighted by Crippen LogP contribution is 2.13. The first kappa shape index (κ1) is 13.1. The Morgan fingerprint density at radius 3 is 2.95 bits per heavy atom. The summed E-state index contributed by atoms with van der Waals surface area (Å²) in [5.74, 6) is 0.528. The summed E-state index contributed by atoms with van der Waals surface area (Å²) in [6.07, 6.45) is 2.94. The van der Waals surface area contributed by atoms with E-state index < -0.39 is 0 Å². The Balaban J connectivity index is 1.91. The molecule has 0 bridgehead atoms. The van der Waals surface area contributed by atoms with Gasteiger partial charge in [-0.3, -0.25) is 9.89 Å². The lowest BCUT2D eigenvalue weighted by molar-refractivity contribution is 0.0950. The normalized spacial score (nSPS) is 10.6. The molecule has 0 aromatic carbocycles. The first-order valence-corrected chi connectivity index (χ1v) is 6.07. The van der Waals surface area contributed by atoms with Gasteiger partial charge in [0, 0.05) is 20.0 Å². The van der Waals surface area contributed by atoms with Crippen LogP contribution in [0.3, 0.4) is 0 Å². The Morgan fingerprint density at radius 1 is 1.58 bits per heavy atom. The highest BCUT2D eigenvalue weighted by molar-refractivity contribution is 5.97. The Morgan fingerprint density at radius 2 is 2.37 bits per heavy atom. The van der Waals surface area contributed by atoms with Gasteiger partial charge in [-0.15, -0.1) is 10.2 Å². The van der Waals surface area contributed by atoms with Crippen molar-refractivity contribution >= 4 is 11.6 Å². The fraction of sp³-hybridized carbons (Fsp3) is 0.455. The summed E-state index contributed by atoms with van der Waals surface area (Å²) in [6.45, 7) is 2.40. The van der Waals surface area contributed by atoms with Crippen LogP contribution in [0.25, 0.3) is 0 Å². The first-order valence-electron chi connectivity index (χ1n) is 6.07. The van der Waals surface area contributed by atoms with Gasteiger partial charge < -0.3 is 15.6 Å². The molecule has 0 saturated heterocycles. The van der Waals surface area contributed by atoms with Crippen LogP contribution in [0.1, 0.15) is 28.9 Å². The highest BCUT2D eigenvalue weighted by atomic mass is 16.1. The van der Waals surface area contributed by atoms with Crippen LogP contribution in [0, 0.1) is 0 Å². The topological polar surface area (TPSA) is 115 Å². The summed E-state index contributed by atoms with van der Waals surface area (Å²) in [7, 11) is 1.86. The number of aryl methyl sites for hydroxylation is 2. The Labute approximate surface area is 110 Å². The summed E-state index contributed by atoms with van der Waals surface area (Å²) in [5.41, 5.74) is 7.26. The standard InChI is InChI=1S/C11H17N7O/c1-3-7-9(12)10(17-15-7)11(19)13-5-4-8-16-14-6-18(8)2/h6H,3-5,12H2,1-2H3,(H,13,19)(H,15,17). The Hall–Kier alpha value is -2.38. The van der Waals surface area contributed by atoms with E-state index in [1.54, 1.807) is 6.33 Å². The molecule has 2 heterocycles. The number of anilines is 1. The number of nitrogens with one attached hydrogen (secondary N) is 2. The van der Waals surface area contributed by atoms with Gasteiger partial charge in [0.1, 0.15) is 12.2 Å². The van der Waals surface area contributed by atoms with Crippen molar-refractivity contribution in [2.24, 2.45) is 7.05 Å². The van der Waals surface area contributed by atoms with Crippen LogP contribution >= 0.6 is 0 Å². The third kappa shape index (κ3) is 2.72. The van der Waals surface area contributed by atoms with E-state index in [-0.39, 0.29) is 11.6 Å². The van der Waals surface area contributed by atoms with Crippen LogP contribution in [-0.2, 0) is 19.9 Å². The molecule has 0 aliphatic carbocycles. The van der Waals surface area contributed by atoms with Crippen LogP contribution < -0.4 is 11.1 Å². The zero-order valence-corrected chi connectivity index (χ0v) is 11.0. The minimum Gasteiger partial charge on any atom is -0.395 e. The minimum absolute atomic E-state index is 0.245. The second-order valence-electron chi connectivity index (χ2n) is 4.18. The number of aromatic amines is 1. The molecule has 0 fully saturated rings. The van der Waals surface area contributed by atoms with Crippen molar-refractivity contribution in [3.63, 3.8) is 0 Å². The predicted octanol–water partition coefficient (Wildman–Crippen LogP) is -0.345. The molecule has 2 aromatic heterocycles. The molecular weight excluding hydrogens is 246 g/mol. The van der Waals surface area contributed by atoms with E-state index in [0.717, 1.165) is 11.5 Å². The third-order valence-corrected chi connectivity index (χ3v) is 2.89. The van der Waals surface area contributed by atoms with Gasteiger partial charge in [0.2, 0.25) is 0 Å². The van der Waals surface area contributed by atoms with E-state index in [2.05, 4.69) is 25.7 Å². The molecule has 1 amide bonds. The molecule has 0 atom stereocenters. The van der Waals surface area contributed by atoms with Crippen molar-refractivity contribution in [3.8, 4) is 0 Å². The minimum atomic E-state index is -0.282. The zero-order valence-electron chi connectivity index (χ0n) is 11.0. The van der Waals surface area contributed by atoms with Gasteiger partial charge in [0.15, 0.2) is 5.69 Å². The van der Waals surface area contributed by atoms with E-state index >= 15 is 0 Å². The van der Waals surface area contributed by atoms with Crippen LogP contribution in [0.5, 0.6) is 0 Å². The second kappa shape index (κ2) is 5.51. The van der Waals surface area contributed by atoms with Crippen LogP contribution in [0.2, 0.25) is 0 Å². The van der Waals surface area contributed by atoms with E-state index in [0.29, 0.717) is 25.1 Å². The lowest BCUT2D eigenvalue weighted by Crippen LogP contribution is -2.27. The zero-order chi connectivity index (χ0) is 13.8. The molecule has 0 spiro atoms. The van der Waals surface area contributed by atoms with Crippen LogP contribution in [0.4, 0.5) is 5.69 Å². The number of amides is 1. The molecule has 8 heteroatoms. The molecule has 2 rings (SSSR count). The van der Waals surface area contributed by atoms with Gasteiger partial charge in [0.25, 0.3) is 5.91 Å². The SMILES string of the molecule is CCc1[nH]nc(C(=O)NCCc2nncn2C)c1N. The summed E-state index contributed by atoms with van der Waals surface area (Å²) >= 11 is 0. The number of hydrogen-bond donors (Lipinski definition) is 3. The van der Waals surface area contributed by atoms with E-state index in [9.17, 15) is 4.79 Å². The maximum absolute atomic E-state index is 11.9. The van der Waals surface area contributed by atoms with Crippen LogP contribution in [-0.4, -0.2) is 37.4 Å². The molecule has 0 radical (unpaired) electrons. The van der Waals surface area contributed by atoms with Crippen molar-refractivity contribution in [3.05, 3.63) is 23.5 Å². The number of aromatic nitrogens is 5. The average Bonchev–Trinajstić information content (AvgIpc) is 2.96. The molecule has 0 saturated carbocycles. The maximum atomic E-state index is 11.9. The van der Waals surface area contributed by atoms with E-state index in [1.165, 1.54) is 0 Å². The average molecular weight is 263 g/mol. The fourth-order valence-corrected chi connectivity index (χ4v) is 1.73. The smallest absolute Gasteiger partial charge is 0.273 e. The number of hydrogen-bond acceptors (Lipinski definition) is 5. The van der Waals surface area contributed by atoms with Crippen LogP contribution in [0.15, 0.2) is 6.33 Å². The van der Waals surface area contributed by atoms with Gasteiger partial charge in [-0.2, -0.15) is 5.10 Å². The molecule has 0 aliphatic heterocycles. The lowest BCUT2D eigenvalue weighted by Gasteiger charge is -2.03. The number of rotatable bonds is 5. The number of nitrogens with zero attached hydrogens (tertiary/aromatic N) is 4. The Kier molecular flexibility index (Phi) is 3.79. The molecule has 0 aliphatic rings. The van der Waals surface area contributed by atoms with Crippen molar-refractivity contribution in [1.29, 1.82) is 0 Å². The number of nitrogen functional groups attached to an aromatic ring is 1. The monoisotopic (exact) mass is 263 g/mol. The molecule has 19 heavy (non-hydrogen) atoms. The quantitative estimate of drug-likeness (QED) is 0.682. The molecular formula is C11H17N7O. The van der Waals surface area contributed by atoms with Gasteiger partial charge >= 0.3 is 0 Å². The van der Waals surface area contributed by atoms with E-state index in [1.807, 2.05) is 18.5 Å². The number of nitrogens with two attached hydrogens (primary N) is 1.